The fourth-order valence-electron chi connectivity index (χ4n) is 2.18. The minimum Gasteiger partial charge on any atom is -0.481 e. The lowest BCUT2D eigenvalue weighted by Gasteiger charge is -2.17. The third-order valence-corrected chi connectivity index (χ3v) is 3.54. The fraction of sp³-hybridized carbons (Fsp3) is 0.467. The van der Waals surface area contributed by atoms with E-state index in [0.29, 0.717) is 5.92 Å². The maximum atomic E-state index is 12.2. The largest absolute Gasteiger partial charge is 0.481 e. The Labute approximate surface area is 112 Å². The van der Waals surface area contributed by atoms with Gasteiger partial charge in [-0.1, -0.05) is 37.3 Å². The summed E-state index contributed by atoms with van der Waals surface area (Å²) >= 11 is 0. The third kappa shape index (κ3) is 3.56. The van der Waals surface area contributed by atoms with Gasteiger partial charge in [-0.2, -0.15) is 0 Å². The van der Waals surface area contributed by atoms with Gasteiger partial charge in [0.05, 0.1) is 11.8 Å². The average molecular weight is 261 g/mol. The summed E-state index contributed by atoms with van der Waals surface area (Å²) in [5.41, 5.74) is 1.02. The van der Waals surface area contributed by atoms with Crippen LogP contribution in [0.4, 0.5) is 0 Å². The van der Waals surface area contributed by atoms with Crippen LogP contribution < -0.4 is 5.32 Å². The summed E-state index contributed by atoms with van der Waals surface area (Å²) in [5.74, 6) is -1.23. The number of nitrogens with one attached hydrogen (secondary N) is 1. The quantitative estimate of drug-likeness (QED) is 0.823. The first kappa shape index (κ1) is 13.6. The number of rotatable bonds is 6. The summed E-state index contributed by atoms with van der Waals surface area (Å²) in [6.07, 6.45) is 2.14. The van der Waals surface area contributed by atoms with E-state index in [-0.39, 0.29) is 18.4 Å². The van der Waals surface area contributed by atoms with Gasteiger partial charge in [0.2, 0.25) is 5.91 Å². The van der Waals surface area contributed by atoms with E-state index < -0.39 is 11.9 Å². The molecule has 0 heterocycles. The molecule has 1 aromatic rings. The molecule has 2 rings (SSSR count). The molecule has 4 heteroatoms. The van der Waals surface area contributed by atoms with E-state index in [4.69, 9.17) is 5.11 Å². The molecule has 0 saturated heterocycles. The Balaban J connectivity index is 2.00. The monoisotopic (exact) mass is 261 g/mol. The van der Waals surface area contributed by atoms with E-state index >= 15 is 0 Å². The van der Waals surface area contributed by atoms with Crippen molar-refractivity contribution in [2.45, 2.75) is 25.7 Å². The van der Waals surface area contributed by atoms with Crippen molar-refractivity contribution in [2.75, 3.05) is 6.54 Å². The SMILES string of the molecule is CC(CNC(=O)C(c1ccccc1)C1CC1)C(=O)O. The first-order valence-electron chi connectivity index (χ1n) is 6.65. The summed E-state index contributed by atoms with van der Waals surface area (Å²) in [6, 6.07) is 9.71. The number of carboxylic acid groups (broad SMARTS) is 1. The fourth-order valence-corrected chi connectivity index (χ4v) is 2.18. The van der Waals surface area contributed by atoms with Gasteiger partial charge in [0.1, 0.15) is 0 Å². The van der Waals surface area contributed by atoms with Gasteiger partial charge in [-0.05, 0) is 24.3 Å². The molecule has 19 heavy (non-hydrogen) atoms. The van der Waals surface area contributed by atoms with Crippen molar-refractivity contribution in [3.63, 3.8) is 0 Å². The topological polar surface area (TPSA) is 66.4 Å². The number of carbonyl (C=O) groups is 2. The number of carbonyl (C=O) groups excluding carboxylic acids is 1. The molecule has 1 aliphatic rings. The maximum absolute atomic E-state index is 12.2. The van der Waals surface area contributed by atoms with Gasteiger partial charge >= 0.3 is 5.97 Å². The number of carboxylic acids is 1. The van der Waals surface area contributed by atoms with E-state index in [9.17, 15) is 9.59 Å². The highest BCUT2D eigenvalue weighted by Crippen LogP contribution is 2.42. The maximum Gasteiger partial charge on any atom is 0.308 e. The van der Waals surface area contributed by atoms with Gasteiger partial charge in [0.15, 0.2) is 0 Å². The molecule has 1 aromatic carbocycles. The van der Waals surface area contributed by atoms with Gasteiger partial charge in [-0.15, -0.1) is 0 Å². The minimum atomic E-state index is -0.886. The highest BCUT2D eigenvalue weighted by molar-refractivity contribution is 5.84. The number of hydrogen-bond donors (Lipinski definition) is 2. The molecule has 0 radical (unpaired) electrons. The zero-order valence-corrected chi connectivity index (χ0v) is 11.0. The zero-order valence-electron chi connectivity index (χ0n) is 11.0. The first-order valence-corrected chi connectivity index (χ1v) is 6.65. The van der Waals surface area contributed by atoms with Crippen molar-refractivity contribution >= 4 is 11.9 Å². The molecule has 4 nitrogen and oxygen atoms in total. The molecule has 2 N–H and O–H groups in total. The Morgan fingerprint density at radius 3 is 2.47 bits per heavy atom. The second kappa shape index (κ2) is 5.87. The van der Waals surface area contributed by atoms with Crippen LogP contribution in [0.25, 0.3) is 0 Å². The lowest BCUT2D eigenvalue weighted by Crippen LogP contribution is -2.35. The van der Waals surface area contributed by atoms with Gasteiger partial charge in [0, 0.05) is 6.54 Å². The summed E-state index contributed by atoms with van der Waals surface area (Å²) in [7, 11) is 0. The Kier molecular flexibility index (Phi) is 4.20. The summed E-state index contributed by atoms with van der Waals surface area (Å²) < 4.78 is 0. The molecule has 0 aromatic heterocycles. The molecular formula is C15H19NO3. The Hall–Kier alpha value is -1.84. The second-order valence-electron chi connectivity index (χ2n) is 5.21. The molecule has 102 valence electrons. The van der Waals surface area contributed by atoms with Crippen molar-refractivity contribution in [1.82, 2.24) is 5.32 Å². The predicted molar refractivity (Wildman–Crippen MR) is 71.7 cm³/mol. The van der Waals surface area contributed by atoms with Crippen molar-refractivity contribution in [3.8, 4) is 0 Å². The minimum absolute atomic E-state index is 0.0539. The Morgan fingerprint density at radius 2 is 1.95 bits per heavy atom. The first-order chi connectivity index (χ1) is 9.09. The van der Waals surface area contributed by atoms with E-state index in [1.54, 1.807) is 6.92 Å². The molecule has 2 atom stereocenters. The number of aliphatic carboxylic acids is 1. The van der Waals surface area contributed by atoms with Crippen LogP contribution in [0.2, 0.25) is 0 Å². The van der Waals surface area contributed by atoms with E-state index in [2.05, 4.69) is 5.32 Å². The lowest BCUT2D eigenvalue weighted by molar-refractivity contribution is -0.141. The molecule has 1 fully saturated rings. The third-order valence-electron chi connectivity index (χ3n) is 3.54. The van der Waals surface area contributed by atoms with Gasteiger partial charge in [-0.25, -0.2) is 0 Å². The van der Waals surface area contributed by atoms with Crippen molar-refractivity contribution < 1.29 is 14.7 Å². The zero-order chi connectivity index (χ0) is 13.8. The van der Waals surface area contributed by atoms with Crippen LogP contribution in [0.5, 0.6) is 0 Å². The van der Waals surface area contributed by atoms with Gasteiger partial charge in [-0.3, -0.25) is 9.59 Å². The van der Waals surface area contributed by atoms with Crippen LogP contribution in [-0.4, -0.2) is 23.5 Å². The van der Waals surface area contributed by atoms with E-state index in [1.807, 2.05) is 30.3 Å². The van der Waals surface area contributed by atoms with Crippen LogP contribution >= 0.6 is 0 Å². The normalized spacial score (nSPS) is 17.5. The molecule has 0 aliphatic heterocycles. The van der Waals surface area contributed by atoms with E-state index in [1.165, 1.54) is 0 Å². The summed E-state index contributed by atoms with van der Waals surface area (Å²) in [5, 5.41) is 11.6. The standard InChI is InChI=1S/C15H19NO3/c1-10(15(18)19)9-16-14(17)13(12-7-8-12)11-5-3-2-4-6-11/h2-6,10,12-13H,7-9H2,1H3,(H,16,17)(H,18,19). The molecule has 0 bridgehead atoms. The highest BCUT2D eigenvalue weighted by Gasteiger charge is 2.37. The Bertz CT molecular complexity index is 454. The lowest BCUT2D eigenvalue weighted by atomic mass is 9.93. The second-order valence-corrected chi connectivity index (χ2v) is 5.21. The van der Waals surface area contributed by atoms with Crippen LogP contribution in [-0.2, 0) is 9.59 Å². The van der Waals surface area contributed by atoms with E-state index in [0.717, 1.165) is 18.4 Å². The number of amides is 1. The summed E-state index contributed by atoms with van der Waals surface area (Å²) in [6.45, 7) is 1.78. The molecule has 0 spiro atoms. The number of benzene rings is 1. The predicted octanol–water partition coefficient (Wildman–Crippen LogP) is 2.02. The molecule has 1 aliphatic carbocycles. The van der Waals surface area contributed by atoms with Crippen molar-refractivity contribution in [2.24, 2.45) is 11.8 Å². The highest BCUT2D eigenvalue weighted by atomic mass is 16.4. The van der Waals surface area contributed by atoms with Gasteiger partial charge < -0.3 is 10.4 Å². The Morgan fingerprint density at radius 1 is 1.32 bits per heavy atom. The molecule has 1 saturated carbocycles. The molecule has 1 amide bonds. The smallest absolute Gasteiger partial charge is 0.308 e. The van der Waals surface area contributed by atoms with Crippen LogP contribution in [0.3, 0.4) is 0 Å². The van der Waals surface area contributed by atoms with Crippen LogP contribution in [0.1, 0.15) is 31.2 Å². The van der Waals surface area contributed by atoms with Crippen molar-refractivity contribution in [1.29, 1.82) is 0 Å². The molecular weight excluding hydrogens is 242 g/mol. The van der Waals surface area contributed by atoms with Crippen molar-refractivity contribution in [3.05, 3.63) is 35.9 Å². The van der Waals surface area contributed by atoms with Crippen LogP contribution in [0.15, 0.2) is 30.3 Å². The molecule has 2 unspecified atom stereocenters. The van der Waals surface area contributed by atoms with Crippen LogP contribution in [0, 0.1) is 11.8 Å². The number of hydrogen-bond acceptors (Lipinski definition) is 2. The van der Waals surface area contributed by atoms with Gasteiger partial charge in [0.25, 0.3) is 0 Å². The average Bonchev–Trinajstić information content (AvgIpc) is 3.22. The summed E-state index contributed by atoms with van der Waals surface area (Å²) in [4.78, 5) is 23.0.